The molecule has 0 N–H and O–H groups in total. The number of aryl methyl sites for hydroxylation is 2. The second-order valence-electron chi connectivity index (χ2n) is 5.06. The van der Waals surface area contributed by atoms with Crippen LogP contribution in [0.25, 0.3) is 0 Å². The van der Waals surface area contributed by atoms with Gasteiger partial charge in [-0.05, 0) is 38.7 Å². The van der Waals surface area contributed by atoms with Crippen LogP contribution in [0.1, 0.15) is 31.2 Å². The number of hydrogen-bond acceptors (Lipinski definition) is 2. The maximum atomic E-state index is 11.2. The molecule has 1 amide bonds. The van der Waals surface area contributed by atoms with Crippen LogP contribution in [0.5, 0.6) is 0 Å². The van der Waals surface area contributed by atoms with Crippen LogP contribution >= 0.6 is 0 Å². The molecule has 0 unspecified atom stereocenters. The van der Waals surface area contributed by atoms with Crippen LogP contribution in [0.15, 0.2) is 6.07 Å². The van der Waals surface area contributed by atoms with Gasteiger partial charge >= 0.3 is 0 Å². The van der Waals surface area contributed by atoms with Gasteiger partial charge in [0, 0.05) is 32.3 Å². The van der Waals surface area contributed by atoms with Crippen molar-refractivity contribution in [3.8, 4) is 0 Å². The van der Waals surface area contributed by atoms with Crippen LogP contribution in [0.4, 0.5) is 0 Å². The van der Waals surface area contributed by atoms with Crippen LogP contribution in [-0.2, 0) is 11.3 Å². The molecule has 0 aromatic carbocycles. The summed E-state index contributed by atoms with van der Waals surface area (Å²) in [5.74, 6) is 0.859. The third-order valence-electron chi connectivity index (χ3n) is 3.59. The van der Waals surface area contributed by atoms with Crippen molar-refractivity contribution < 1.29 is 4.79 Å². The molecular formula is C13H21N3O. The highest BCUT2D eigenvalue weighted by Crippen LogP contribution is 2.19. The van der Waals surface area contributed by atoms with E-state index in [4.69, 9.17) is 0 Å². The summed E-state index contributed by atoms with van der Waals surface area (Å²) in [6, 6.07) is 2.12. The lowest BCUT2D eigenvalue weighted by molar-refractivity contribution is -0.130. The molecule has 0 spiro atoms. The van der Waals surface area contributed by atoms with Gasteiger partial charge in [0.2, 0.25) is 5.91 Å². The van der Waals surface area contributed by atoms with Gasteiger partial charge < -0.3 is 4.90 Å². The predicted molar refractivity (Wildman–Crippen MR) is 66.7 cm³/mol. The van der Waals surface area contributed by atoms with E-state index in [9.17, 15) is 4.79 Å². The molecule has 4 heteroatoms. The monoisotopic (exact) mass is 235 g/mol. The lowest BCUT2D eigenvalue weighted by atomic mass is 9.97. The molecule has 2 rings (SSSR count). The molecule has 1 saturated heterocycles. The molecular weight excluding hydrogens is 214 g/mol. The van der Waals surface area contributed by atoms with Crippen LogP contribution < -0.4 is 0 Å². The summed E-state index contributed by atoms with van der Waals surface area (Å²) >= 11 is 0. The number of nitrogens with zero attached hydrogens (tertiary/aromatic N) is 3. The molecule has 0 aliphatic carbocycles. The van der Waals surface area contributed by atoms with E-state index in [1.807, 2.05) is 11.8 Å². The smallest absolute Gasteiger partial charge is 0.219 e. The first kappa shape index (κ1) is 12.1. The largest absolute Gasteiger partial charge is 0.343 e. The van der Waals surface area contributed by atoms with Crippen molar-refractivity contribution in [2.75, 3.05) is 13.1 Å². The van der Waals surface area contributed by atoms with E-state index in [0.29, 0.717) is 5.92 Å². The van der Waals surface area contributed by atoms with Gasteiger partial charge in [0.05, 0.1) is 5.69 Å². The highest BCUT2D eigenvalue weighted by Gasteiger charge is 2.21. The van der Waals surface area contributed by atoms with Crippen LogP contribution in [0, 0.1) is 19.8 Å². The number of likely N-dealkylation sites (tertiary alicyclic amines) is 1. The molecule has 1 fully saturated rings. The van der Waals surface area contributed by atoms with Gasteiger partial charge in [0.15, 0.2) is 0 Å². The van der Waals surface area contributed by atoms with Crippen LogP contribution in [-0.4, -0.2) is 33.7 Å². The fourth-order valence-corrected chi connectivity index (χ4v) is 2.53. The zero-order valence-electron chi connectivity index (χ0n) is 10.9. The maximum Gasteiger partial charge on any atom is 0.219 e. The molecule has 0 atom stereocenters. The first-order chi connectivity index (χ1) is 8.06. The summed E-state index contributed by atoms with van der Waals surface area (Å²) in [6.45, 7) is 8.58. The van der Waals surface area contributed by atoms with Gasteiger partial charge in [-0.15, -0.1) is 0 Å². The number of piperidine rings is 1. The van der Waals surface area contributed by atoms with Crippen molar-refractivity contribution >= 4 is 5.91 Å². The van der Waals surface area contributed by atoms with Crippen LogP contribution in [0.3, 0.4) is 0 Å². The zero-order valence-corrected chi connectivity index (χ0v) is 10.9. The normalized spacial score (nSPS) is 17.5. The molecule has 94 valence electrons. The molecule has 2 heterocycles. The van der Waals surface area contributed by atoms with Gasteiger partial charge in [0.1, 0.15) is 0 Å². The Morgan fingerprint density at radius 2 is 2.06 bits per heavy atom. The highest BCUT2D eigenvalue weighted by molar-refractivity contribution is 5.73. The second kappa shape index (κ2) is 4.90. The average molecular weight is 235 g/mol. The molecule has 0 saturated carbocycles. The van der Waals surface area contributed by atoms with E-state index in [2.05, 4.69) is 22.8 Å². The molecule has 0 radical (unpaired) electrons. The minimum Gasteiger partial charge on any atom is -0.343 e. The van der Waals surface area contributed by atoms with Gasteiger partial charge in [-0.25, -0.2) is 0 Å². The summed E-state index contributed by atoms with van der Waals surface area (Å²) < 4.78 is 2.10. The molecule has 1 aliphatic rings. The van der Waals surface area contributed by atoms with E-state index in [1.54, 1.807) is 6.92 Å². The van der Waals surface area contributed by atoms with Gasteiger partial charge in [0.25, 0.3) is 0 Å². The Morgan fingerprint density at radius 1 is 1.41 bits per heavy atom. The maximum absolute atomic E-state index is 11.2. The lowest BCUT2D eigenvalue weighted by Gasteiger charge is -2.31. The Morgan fingerprint density at radius 3 is 2.53 bits per heavy atom. The minimum atomic E-state index is 0.203. The Kier molecular flexibility index (Phi) is 3.50. The summed E-state index contributed by atoms with van der Waals surface area (Å²) in [5, 5.41) is 4.49. The first-order valence-corrected chi connectivity index (χ1v) is 6.33. The Balaban J connectivity index is 1.90. The Bertz CT molecular complexity index is 403. The fourth-order valence-electron chi connectivity index (χ4n) is 2.53. The van der Waals surface area contributed by atoms with Gasteiger partial charge in [-0.3, -0.25) is 9.48 Å². The molecule has 1 aromatic rings. The van der Waals surface area contributed by atoms with Crippen molar-refractivity contribution in [2.45, 2.75) is 40.2 Å². The SMILES string of the molecule is CC(=O)N1CCC(Cn2nc(C)cc2C)CC1. The molecule has 17 heavy (non-hydrogen) atoms. The first-order valence-electron chi connectivity index (χ1n) is 6.33. The molecule has 4 nitrogen and oxygen atoms in total. The summed E-state index contributed by atoms with van der Waals surface area (Å²) in [6.07, 6.45) is 2.19. The number of rotatable bonds is 2. The Labute approximate surface area is 103 Å². The quantitative estimate of drug-likeness (QED) is 0.783. The Hall–Kier alpha value is -1.32. The topological polar surface area (TPSA) is 38.1 Å². The summed E-state index contributed by atoms with van der Waals surface area (Å²) in [7, 11) is 0. The van der Waals surface area contributed by atoms with Crippen molar-refractivity contribution in [1.29, 1.82) is 0 Å². The van der Waals surface area contributed by atoms with E-state index in [1.165, 1.54) is 5.69 Å². The van der Waals surface area contributed by atoms with E-state index in [0.717, 1.165) is 38.2 Å². The average Bonchev–Trinajstić information content (AvgIpc) is 2.58. The molecule has 1 aliphatic heterocycles. The summed E-state index contributed by atoms with van der Waals surface area (Å²) in [4.78, 5) is 13.2. The number of carbonyl (C=O) groups excluding carboxylic acids is 1. The fraction of sp³-hybridized carbons (Fsp3) is 0.692. The summed E-state index contributed by atoms with van der Waals surface area (Å²) in [5.41, 5.74) is 2.32. The number of carbonyl (C=O) groups is 1. The predicted octanol–water partition coefficient (Wildman–Crippen LogP) is 1.76. The third kappa shape index (κ3) is 2.87. The standard InChI is InChI=1S/C13H21N3O/c1-10-8-11(2)16(14-10)9-13-4-6-15(7-5-13)12(3)17/h8,13H,4-7,9H2,1-3H3. The molecule has 0 bridgehead atoms. The van der Waals surface area contributed by atoms with E-state index in [-0.39, 0.29) is 5.91 Å². The van der Waals surface area contributed by atoms with E-state index < -0.39 is 0 Å². The van der Waals surface area contributed by atoms with Crippen LogP contribution in [0.2, 0.25) is 0 Å². The number of amides is 1. The minimum absolute atomic E-state index is 0.203. The van der Waals surface area contributed by atoms with E-state index >= 15 is 0 Å². The van der Waals surface area contributed by atoms with Gasteiger partial charge in [-0.1, -0.05) is 0 Å². The third-order valence-corrected chi connectivity index (χ3v) is 3.59. The van der Waals surface area contributed by atoms with Gasteiger partial charge in [-0.2, -0.15) is 5.10 Å². The highest BCUT2D eigenvalue weighted by atomic mass is 16.2. The zero-order chi connectivity index (χ0) is 12.4. The lowest BCUT2D eigenvalue weighted by Crippen LogP contribution is -2.38. The van der Waals surface area contributed by atoms with Crippen molar-refractivity contribution in [3.63, 3.8) is 0 Å². The second-order valence-corrected chi connectivity index (χ2v) is 5.06. The molecule has 1 aromatic heterocycles. The van der Waals surface area contributed by atoms with Crippen molar-refractivity contribution in [1.82, 2.24) is 14.7 Å². The van der Waals surface area contributed by atoms with Crippen molar-refractivity contribution in [2.24, 2.45) is 5.92 Å². The number of aromatic nitrogens is 2. The van der Waals surface area contributed by atoms with Crippen molar-refractivity contribution in [3.05, 3.63) is 17.5 Å². The number of hydrogen-bond donors (Lipinski definition) is 0.